The van der Waals surface area contributed by atoms with Crippen molar-refractivity contribution in [3.8, 4) is 5.75 Å². The second-order valence-electron chi connectivity index (χ2n) is 7.49. The molecule has 184 valence electrons. The Hall–Kier alpha value is -4.78. The average Bonchev–Trinajstić information content (AvgIpc) is 2.84. The van der Waals surface area contributed by atoms with Gasteiger partial charge < -0.3 is 15.4 Å². The Kier molecular flexibility index (Phi) is 6.65. The number of ether oxygens (including phenoxy) is 1. The summed E-state index contributed by atoms with van der Waals surface area (Å²) in [6.07, 6.45) is 0. The molecule has 13 heteroatoms. The predicted octanol–water partition coefficient (Wildman–Crippen LogP) is 4.05. The molecule has 0 atom stereocenters. The lowest BCUT2D eigenvalue weighted by molar-refractivity contribution is -0.385. The number of nitrogens with zero attached hydrogens (tertiary/aromatic N) is 3. The molecule has 0 aliphatic rings. The van der Waals surface area contributed by atoms with Crippen LogP contribution in [-0.2, 0) is 14.8 Å². The number of anilines is 4. The fourth-order valence-corrected chi connectivity index (χ4v) is 4.37. The van der Waals surface area contributed by atoms with Crippen molar-refractivity contribution in [2.75, 3.05) is 22.5 Å². The SMILES string of the molecule is COc1ccc(NC(C)=O)cc1Nc1nc2ccccc2nc1NS(=O)(=O)c1cccc([N+](=O)[O-])c1. The predicted molar refractivity (Wildman–Crippen MR) is 134 cm³/mol. The molecule has 1 amide bonds. The van der Waals surface area contributed by atoms with Crippen LogP contribution >= 0.6 is 0 Å². The molecule has 4 aromatic rings. The maximum atomic E-state index is 13.1. The number of nitro benzene ring substituents is 1. The lowest BCUT2D eigenvalue weighted by Gasteiger charge is -2.16. The highest BCUT2D eigenvalue weighted by Gasteiger charge is 2.22. The number of nitro groups is 1. The highest BCUT2D eigenvalue weighted by molar-refractivity contribution is 7.92. The number of hydrogen-bond donors (Lipinski definition) is 3. The summed E-state index contributed by atoms with van der Waals surface area (Å²) in [5, 5.41) is 16.8. The number of amides is 1. The first kappa shape index (κ1) is 24.3. The zero-order valence-electron chi connectivity index (χ0n) is 19.1. The van der Waals surface area contributed by atoms with Crippen LogP contribution in [0.25, 0.3) is 11.0 Å². The van der Waals surface area contributed by atoms with Gasteiger partial charge >= 0.3 is 0 Å². The van der Waals surface area contributed by atoms with E-state index in [1.165, 1.54) is 32.2 Å². The Balaban J connectivity index is 1.79. The van der Waals surface area contributed by atoms with Crippen LogP contribution in [0, 0.1) is 10.1 Å². The molecule has 4 rings (SSSR count). The van der Waals surface area contributed by atoms with E-state index in [0.717, 1.165) is 6.07 Å². The third-order valence-corrected chi connectivity index (χ3v) is 6.25. The third kappa shape index (κ3) is 5.31. The largest absolute Gasteiger partial charge is 0.495 e. The van der Waals surface area contributed by atoms with Crippen LogP contribution < -0.4 is 20.1 Å². The summed E-state index contributed by atoms with van der Waals surface area (Å²) in [7, 11) is -2.82. The quantitative estimate of drug-likeness (QED) is 0.235. The molecule has 0 unspecified atom stereocenters. The number of fused-ring (bicyclic) bond motifs is 1. The number of methoxy groups -OCH3 is 1. The number of para-hydroxylation sites is 2. The number of carbonyl (C=O) groups excluding carboxylic acids is 1. The number of hydrogen-bond acceptors (Lipinski definition) is 9. The summed E-state index contributed by atoms with van der Waals surface area (Å²) >= 11 is 0. The van der Waals surface area contributed by atoms with Gasteiger partial charge in [-0.3, -0.25) is 19.6 Å². The number of rotatable bonds is 8. The Labute approximate surface area is 205 Å². The number of nitrogens with one attached hydrogen (secondary N) is 3. The number of carbonyl (C=O) groups is 1. The molecule has 0 radical (unpaired) electrons. The number of non-ortho nitro benzene ring substituents is 1. The molecule has 0 aliphatic heterocycles. The van der Waals surface area contributed by atoms with Gasteiger partial charge in [-0.05, 0) is 36.4 Å². The molecule has 1 aromatic heterocycles. The summed E-state index contributed by atoms with van der Waals surface area (Å²) in [5.74, 6) is 0.0155. The molecule has 0 bridgehead atoms. The summed E-state index contributed by atoms with van der Waals surface area (Å²) in [6.45, 7) is 1.37. The second kappa shape index (κ2) is 9.84. The van der Waals surface area contributed by atoms with Crippen LogP contribution in [0.15, 0.2) is 71.6 Å². The maximum Gasteiger partial charge on any atom is 0.270 e. The lowest BCUT2D eigenvalue weighted by Crippen LogP contribution is -2.16. The van der Waals surface area contributed by atoms with Crippen molar-refractivity contribution in [2.24, 2.45) is 0 Å². The Bertz CT molecular complexity index is 1590. The van der Waals surface area contributed by atoms with Crippen molar-refractivity contribution in [3.05, 3.63) is 76.8 Å². The standard InChI is InChI=1S/C23H20N6O6S/c1-14(30)24-15-10-11-21(35-2)20(12-15)27-22-23(26-19-9-4-3-8-18(19)25-22)28-36(33,34)17-7-5-6-16(13-17)29(31)32/h3-13H,1-2H3,(H,24,30)(H,25,27)(H,26,28). The van der Waals surface area contributed by atoms with Gasteiger partial charge in [0, 0.05) is 24.7 Å². The first-order chi connectivity index (χ1) is 17.2. The molecule has 12 nitrogen and oxygen atoms in total. The van der Waals surface area contributed by atoms with E-state index in [0.29, 0.717) is 28.2 Å². The Morgan fingerprint density at radius 3 is 2.31 bits per heavy atom. The third-order valence-electron chi connectivity index (χ3n) is 4.91. The molecular formula is C23H20N6O6S. The van der Waals surface area contributed by atoms with Crippen LogP contribution in [0.2, 0.25) is 0 Å². The summed E-state index contributed by atoms with van der Waals surface area (Å²) in [6, 6.07) is 16.3. The van der Waals surface area contributed by atoms with E-state index < -0.39 is 14.9 Å². The van der Waals surface area contributed by atoms with E-state index in [1.807, 2.05) is 0 Å². The van der Waals surface area contributed by atoms with Crippen LogP contribution in [0.1, 0.15) is 6.92 Å². The topological polar surface area (TPSA) is 165 Å². The lowest BCUT2D eigenvalue weighted by atomic mass is 10.2. The van der Waals surface area contributed by atoms with Crippen LogP contribution in [-0.4, -0.2) is 36.3 Å². The molecule has 3 N–H and O–H groups in total. The number of aromatic nitrogens is 2. The van der Waals surface area contributed by atoms with Gasteiger partial charge in [-0.2, -0.15) is 0 Å². The zero-order valence-corrected chi connectivity index (χ0v) is 19.9. The van der Waals surface area contributed by atoms with Crippen molar-refractivity contribution in [1.82, 2.24) is 9.97 Å². The normalized spacial score (nSPS) is 11.1. The van der Waals surface area contributed by atoms with Gasteiger partial charge in [0.1, 0.15) is 5.75 Å². The smallest absolute Gasteiger partial charge is 0.270 e. The van der Waals surface area contributed by atoms with Crippen molar-refractivity contribution < 1.29 is 22.9 Å². The molecule has 0 saturated heterocycles. The first-order valence-electron chi connectivity index (χ1n) is 10.4. The van der Waals surface area contributed by atoms with Gasteiger partial charge in [-0.25, -0.2) is 18.4 Å². The molecule has 0 aliphatic carbocycles. The van der Waals surface area contributed by atoms with Crippen molar-refractivity contribution in [3.63, 3.8) is 0 Å². The van der Waals surface area contributed by atoms with Crippen molar-refractivity contribution >= 4 is 55.7 Å². The summed E-state index contributed by atoms with van der Waals surface area (Å²) in [4.78, 5) is 30.5. The molecule has 3 aromatic carbocycles. The highest BCUT2D eigenvalue weighted by atomic mass is 32.2. The average molecular weight is 509 g/mol. The maximum absolute atomic E-state index is 13.1. The molecule has 0 spiro atoms. The van der Waals surface area contributed by atoms with Gasteiger partial charge in [0.25, 0.3) is 15.7 Å². The molecular weight excluding hydrogens is 488 g/mol. The minimum absolute atomic E-state index is 0.0426. The van der Waals surface area contributed by atoms with E-state index in [4.69, 9.17) is 4.74 Å². The number of sulfonamides is 1. The van der Waals surface area contributed by atoms with E-state index in [2.05, 4.69) is 25.3 Å². The van der Waals surface area contributed by atoms with Gasteiger partial charge in [0.2, 0.25) is 5.91 Å². The Morgan fingerprint density at radius 1 is 0.972 bits per heavy atom. The van der Waals surface area contributed by atoms with Crippen molar-refractivity contribution in [2.45, 2.75) is 11.8 Å². The summed E-state index contributed by atoms with van der Waals surface area (Å²) in [5.41, 5.74) is 1.37. The minimum Gasteiger partial charge on any atom is -0.495 e. The fourth-order valence-electron chi connectivity index (χ4n) is 3.32. The summed E-state index contributed by atoms with van der Waals surface area (Å²) < 4.78 is 34.0. The van der Waals surface area contributed by atoms with Crippen LogP contribution in [0.5, 0.6) is 5.75 Å². The van der Waals surface area contributed by atoms with E-state index in [9.17, 15) is 23.3 Å². The zero-order chi connectivity index (χ0) is 25.9. The molecule has 36 heavy (non-hydrogen) atoms. The Morgan fingerprint density at radius 2 is 1.67 bits per heavy atom. The fraction of sp³-hybridized carbons (Fsp3) is 0.0870. The molecule has 0 saturated carbocycles. The van der Waals surface area contributed by atoms with Gasteiger partial charge in [0.05, 0.1) is 33.6 Å². The monoisotopic (exact) mass is 508 g/mol. The first-order valence-corrected chi connectivity index (χ1v) is 11.9. The van der Waals surface area contributed by atoms with E-state index in [-0.39, 0.29) is 28.1 Å². The van der Waals surface area contributed by atoms with Crippen LogP contribution in [0.3, 0.4) is 0 Å². The van der Waals surface area contributed by atoms with Gasteiger partial charge in [-0.1, -0.05) is 18.2 Å². The van der Waals surface area contributed by atoms with E-state index in [1.54, 1.807) is 42.5 Å². The number of benzene rings is 3. The second-order valence-corrected chi connectivity index (χ2v) is 9.17. The minimum atomic E-state index is -4.28. The van der Waals surface area contributed by atoms with Gasteiger partial charge in [0.15, 0.2) is 11.6 Å². The molecule has 0 fully saturated rings. The molecule has 1 heterocycles. The van der Waals surface area contributed by atoms with Crippen molar-refractivity contribution in [1.29, 1.82) is 0 Å². The van der Waals surface area contributed by atoms with Crippen LogP contribution in [0.4, 0.5) is 28.7 Å². The van der Waals surface area contributed by atoms with E-state index >= 15 is 0 Å². The highest BCUT2D eigenvalue weighted by Crippen LogP contribution is 2.33. The van der Waals surface area contributed by atoms with Gasteiger partial charge in [-0.15, -0.1) is 0 Å².